The van der Waals surface area contributed by atoms with E-state index in [4.69, 9.17) is 4.74 Å². The molecule has 0 atom stereocenters. The highest BCUT2D eigenvalue weighted by Gasteiger charge is 2.14. The van der Waals surface area contributed by atoms with Crippen LogP contribution in [0.5, 0.6) is 5.75 Å². The number of esters is 1. The molecule has 0 fully saturated rings. The summed E-state index contributed by atoms with van der Waals surface area (Å²) in [6, 6.07) is 17.1. The van der Waals surface area contributed by atoms with Gasteiger partial charge in [-0.15, -0.1) is 0 Å². The van der Waals surface area contributed by atoms with Gasteiger partial charge >= 0.3 is 5.97 Å². The Bertz CT molecular complexity index is 756. The summed E-state index contributed by atoms with van der Waals surface area (Å²) >= 11 is 0. The molecule has 0 saturated heterocycles. The number of amides is 1. The predicted octanol–water partition coefficient (Wildman–Crippen LogP) is 3.30. The lowest BCUT2D eigenvalue weighted by atomic mass is 10.1. The molecule has 5 heteroatoms. The fourth-order valence-electron chi connectivity index (χ4n) is 2.47. The molecule has 2 rings (SSSR count). The lowest BCUT2D eigenvalue weighted by molar-refractivity contribution is -0.141. The van der Waals surface area contributed by atoms with Crippen molar-refractivity contribution >= 4 is 18.0 Å². The van der Waals surface area contributed by atoms with Crippen LogP contribution in [-0.4, -0.2) is 37.5 Å². The van der Waals surface area contributed by atoms with Gasteiger partial charge in [0.25, 0.3) is 0 Å². The second kappa shape index (κ2) is 10.0. The number of para-hydroxylation sites is 1. The molecule has 2 aromatic rings. The molecule has 0 N–H and O–H groups in total. The van der Waals surface area contributed by atoms with E-state index in [2.05, 4.69) is 4.74 Å². The summed E-state index contributed by atoms with van der Waals surface area (Å²) in [5, 5.41) is 0. The molecule has 0 aromatic heterocycles. The quantitative estimate of drug-likeness (QED) is 0.540. The van der Waals surface area contributed by atoms with Gasteiger partial charge in [0, 0.05) is 24.7 Å². The fraction of sp³-hybridized carbons (Fsp3) is 0.238. The molecule has 0 radical (unpaired) electrons. The van der Waals surface area contributed by atoms with E-state index < -0.39 is 0 Å². The van der Waals surface area contributed by atoms with Gasteiger partial charge in [0.2, 0.25) is 5.91 Å². The van der Waals surface area contributed by atoms with Crippen molar-refractivity contribution in [1.29, 1.82) is 0 Å². The van der Waals surface area contributed by atoms with E-state index in [9.17, 15) is 9.59 Å². The Morgan fingerprint density at radius 3 is 2.38 bits per heavy atom. The number of benzene rings is 2. The van der Waals surface area contributed by atoms with E-state index in [1.165, 1.54) is 13.2 Å². The zero-order valence-electron chi connectivity index (χ0n) is 15.1. The van der Waals surface area contributed by atoms with Gasteiger partial charge in [-0.25, -0.2) is 0 Å². The average Bonchev–Trinajstić information content (AvgIpc) is 2.69. The zero-order valence-corrected chi connectivity index (χ0v) is 15.1. The molecule has 0 aliphatic carbocycles. The molecular formula is C21H23NO4. The van der Waals surface area contributed by atoms with Gasteiger partial charge in [0.1, 0.15) is 5.75 Å². The SMILES string of the molecule is COC(=O)CCN(Cc1ccccc1)C(=O)/C=C/c1ccccc1OC. The summed E-state index contributed by atoms with van der Waals surface area (Å²) in [5.41, 5.74) is 1.81. The van der Waals surface area contributed by atoms with Crippen LogP contribution in [0.3, 0.4) is 0 Å². The minimum absolute atomic E-state index is 0.150. The topological polar surface area (TPSA) is 55.8 Å². The van der Waals surface area contributed by atoms with Crippen LogP contribution in [0.2, 0.25) is 0 Å². The molecule has 0 saturated carbocycles. The van der Waals surface area contributed by atoms with Crippen molar-refractivity contribution < 1.29 is 19.1 Å². The van der Waals surface area contributed by atoms with Gasteiger partial charge in [-0.1, -0.05) is 48.5 Å². The summed E-state index contributed by atoms with van der Waals surface area (Å²) in [4.78, 5) is 25.8. The first-order valence-corrected chi connectivity index (χ1v) is 8.34. The fourth-order valence-corrected chi connectivity index (χ4v) is 2.47. The normalized spacial score (nSPS) is 10.5. The zero-order chi connectivity index (χ0) is 18.8. The standard InChI is InChI=1S/C21H23NO4/c1-25-19-11-7-6-10-18(19)12-13-20(23)22(15-14-21(24)26-2)16-17-8-4-3-5-9-17/h3-13H,14-16H2,1-2H3/b13-12+. The maximum Gasteiger partial charge on any atom is 0.307 e. The lowest BCUT2D eigenvalue weighted by Gasteiger charge is -2.21. The van der Waals surface area contributed by atoms with Crippen LogP contribution in [0.25, 0.3) is 6.08 Å². The minimum atomic E-state index is -0.343. The average molecular weight is 353 g/mol. The predicted molar refractivity (Wildman–Crippen MR) is 101 cm³/mol. The number of carbonyl (C=O) groups is 2. The first-order valence-electron chi connectivity index (χ1n) is 8.34. The molecule has 26 heavy (non-hydrogen) atoms. The van der Waals surface area contributed by atoms with Gasteiger partial charge < -0.3 is 14.4 Å². The molecule has 136 valence electrons. The highest BCUT2D eigenvalue weighted by molar-refractivity contribution is 5.92. The van der Waals surface area contributed by atoms with Crippen LogP contribution < -0.4 is 4.74 Å². The van der Waals surface area contributed by atoms with Crippen molar-refractivity contribution in [1.82, 2.24) is 4.90 Å². The molecule has 5 nitrogen and oxygen atoms in total. The van der Waals surface area contributed by atoms with E-state index in [0.717, 1.165) is 11.1 Å². The second-order valence-electron chi connectivity index (χ2n) is 5.65. The molecule has 0 spiro atoms. The van der Waals surface area contributed by atoms with E-state index in [-0.39, 0.29) is 24.8 Å². The molecule has 0 bridgehead atoms. The highest BCUT2D eigenvalue weighted by atomic mass is 16.5. The summed E-state index contributed by atoms with van der Waals surface area (Å²) in [5.74, 6) is 0.175. The van der Waals surface area contributed by atoms with Crippen LogP contribution in [0.15, 0.2) is 60.7 Å². The molecular weight excluding hydrogens is 330 g/mol. The minimum Gasteiger partial charge on any atom is -0.496 e. The highest BCUT2D eigenvalue weighted by Crippen LogP contribution is 2.19. The third-order valence-corrected chi connectivity index (χ3v) is 3.89. The molecule has 1 amide bonds. The van der Waals surface area contributed by atoms with Gasteiger partial charge in [-0.2, -0.15) is 0 Å². The van der Waals surface area contributed by atoms with Crippen molar-refractivity contribution in [2.75, 3.05) is 20.8 Å². The van der Waals surface area contributed by atoms with Crippen molar-refractivity contribution in [2.45, 2.75) is 13.0 Å². The number of nitrogens with zero attached hydrogens (tertiary/aromatic N) is 1. The number of methoxy groups -OCH3 is 2. The molecule has 2 aromatic carbocycles. The number of carbonyl (C=O) groups excluding carboxylic acids is 2. The first kappa shape index (κ1) is 19.2. The first-order chi connectivity index (χ1) is 12.6. The Morgan fingerprint density at radius 1 is 1.00 bits per heavy atom. The molecule has 0 aliphatic heterocycles. The Hall–Kier alpha value is -3.08. The van der Waals surface area contributed by atoms with Crippen molar-refractivity contribution in [3.05, 3.63) is 71.8 Å². The summed E-state index contributed by atoms with van der Waals surface area (Å²) in [6.07, 6.45) is 3.37. The van der Waals surface area contributed by atoms with Gasteiger partial charge in [-0.3, -0.25) is 9.59 Å². The Labute approximate surface area is 153 Å². The van der Waals surface area contributed by atoms with E-state index in [1.807, 2.05) is 54.6 Å². The third-order valence-electron chi connectivity index (χ3n) is 3.89. The van der Waals surface area contributed by atoms with Gasteiger partial charge in [0.05, 0.1) is 20.6 Å². The van der Waals surface area contributed by atoms with Crippen molar-refractivity contribution in [3.63, 3.8) is 0 Å². The van der Waals surface area contributed by atoms with E-state index in [0.29, 0.717) is 12.3 Å². The van der Waals surface area contributed by atoms with Gasteiger partial charge in [-0.05, 0) is 17.7 Å². The largest absolute Gasteiger partial charge is 0.496 e. The van der Waals surface area contributed by atoms with Crippen LogP contribution in [0.4, 0.5) is 0 Å². The van der Waals surface area contributed by atoms with E-state index >= 15 is 0 Å². The van der Waals surface area contributed by atoms with Gasteiger partial charge in [0.15, 0.2) is 0 Å². The van der Waals surface area contributed by atoms with Crippen LogP contribution >= 0.6 is 0 Å². The van der Waals surface area contributed by atoms with Crippen molar-refractivity contribution in [2.24, 2.45) is 0 Å². The number of hydrogen-bond donors (Lipinski definition) is 0. The lowest BCUT2D eigenvalue weighted by Crippen LogP contribution is -2.31. The number of ether oxygens (including phenoxy) is 2. The number of hydrogen-bond acceptors (Lipinski definition) is 4. The van der Waals surface area contributed by atoms with Crippen molar-refractivity contribution in [3.8, 4) is 5.75 Å². The summed E-state index contributed by atoms with van der Waals surface area (Å²) < 4.78 is 9.97. The van der Waals surface area contributed by atoms with E-state index in [1.54, 1.807) is 18.1 Å². The second-order valence-corrected chi connectivity index (χ2v) is 5.65. The summed E-state index contributed by atoms with van der Waals surface area (Å²) in [7, 11) is 2.93. The molecule has 0 unspecified atom stereocenters. The maximum absolute atomic E-state index is 12.7. The monoisotopic (exact) mass is 353 g/mol. The molecule has 0 heterocycles. The van der Waals surface area contributed by atoms with Crippen LogP contribution in [0.1, 0.15) is 17.5 Å². The van der Waals surface area contributed by atoms with Crippen LogP contribution in [0, 0.1) is 0 Å². The Morgan fingerprint density at radius 2 is 1.69 bits per heavy atom. The maximum atomic E-state index is 12.7. The molecule has 0 aliphatic rings. The smallest absolute Gasteiger partial charge is 0.307 e. The summed E-state index contributed by atoms with van der Waals surface area (Å²) in [6.45, 7) is 0.712. The van der Waals surface area contributed by atoms with Crippen LogP contribution in [-0.2, 0) is 20.9 Å². The third kappa shape index (κ3) is 5.77. The Kier molecular flexibility index (Phi) is 7.43. The Balaban J connectivity index is 2.13. The number of rotatable bonds is 8.